The van der Waals surface area contributed by atoms with Crippen molar-refractivity contribution < 1.29 is 13.6 Å². The summed E-state index contributed by atoms with van der Waals surface area (Å²) >= 11 is 0. The van der Waals surface area contributed by atoms with E-state index in [-0.39, 0.29) is 11.1 Å². The van der Waals surface area contributed by atoms with Crippen LogP contribution < -0.4 is 5.32 Å². The molecule has 0 atom stereocenters. The summed E-state index contributed by atoms with van der Waals surface area (Å²) in [6, 6.07) is 5.69. The fourth-order valence-corrected chi connectivity index (χ4v) is 1.74. The van der Waals surface area contributed by atoms with Gasteiger partial charge >= 0.3 is 0 Å². The molecule has 0 aromatic heterocycles. The van der Waals surface area contributed by atoms with E-state index < -0.39 is 12.3 Å². The van der Waals surface area contributed by atoms with E-state index in [2.05, 4.69) is 11.9 Å². The number of nitrogens with one attached hydrogen (secondary N) is 1. The lowest BCUT2D eigenvalue weighted by molar-refractivity contribution is 0.0953. The average Bonchev–Trinajstić information content (AvgIpc) is 2.45. The number of amides is 1. The van der Waals surface area contributed by atoms with Gasteiger partial charge in [-0.15, -0.1) is 0 Å². The van der Waals surface area contributed by atoms with E-state index in [4.69, 9.17) is 0 Å². The molecule has 1 aromatic carbocycles. The standard InChI is InChI=1S/C17H19F2NO/c1-5-8-15(12(4)11(2)3)20-17(21)14-10-7-6-9-13(14)16(18)19/h5-10,16H,2H2,1,3-4H3,(H,20,21)/b8-5-,15-12-. The summed E-state index contributed by atoms with van der Waals surface area (Å²) in [7, 11) is 0. The first kappa shape index (κ1) is 16.8. The zero-order valence-electron chi connectivity index (χ0n) is 12.4. The Labute approximate surface area is 123 Å². The van der Waals surface area contributed by atoms with Crippen molar-refractivity contribution in [1.82, 2.24) is 5.32 Å². The highest BCUT2D eigenvalue weighted by Gasteiger charge is 2.18. The van der Waals surface area contributed by atoms with Crippen molar-refractivity contribution in [1.29, 1.82) is 0 Å². The Bertz CT molecular complexity index is 601. The molecule has 0 saturated heterocycles. The summed E-state index contributed by atoms with van der Waals surface area (Å²) < 4.78 is 25.9. The maximum absolute atomic E-state index is 12.9. The van der Waals surface area contributed by atoms with Crippen molar-refractivity contribution in [3.63, 3.8) is 0 Å². The largest absolute Gasteiger partial charge is 0.322 e. The molecule has 1 rings (SSSR count). The highest BCUT2D eigenvalue weighted by atomic mass is 19.3. The van der Waals surface area contributed by atoms with Crippen LogP contribution in [0.1, 0.15) is 43.1 Å². The van der Waals surface area contributed by atoms with Crippen LogP contribution in [0.2, 0.25) is 0 Å². The lowest BCUT2D eigenvalue weighted by Gasteiger charge is -2.13. The number of carbonyl (C=O) groups excluding carboxylic acids is 1. The van der Waals surface area contributed by atoms with Gasteiger partial charge in [0.25, 0.3) is 12.3 Å². The molecule has 0 saturated carbocycles. The minimum absolute atomic E-state index is 0.0241. The predicted octanol–water partition coefficient (Wildman–Crippen LogP) is 4.78. The second-order valence-electron chi connectivity index (χ2n) is 4.66. The van der Waals surface area contributed by atoms with E-state index in [1.165, 1.54) is 18.2 Å². The lowest BCUT2D eigenvalue weighted by atomic mass is 10.1. The van der Waals surface area contributed by atoms with Crippen molar-refractivity contribution in [3.8, 4) is 0 Å². The van der Waals surface area contributed by atoms with Crippen molar-refractivity contribution in [2.24, 2.45) is 0 Å². The monoisotopic (exact) mass is 291 g/mol. The van der Waals surface area contributed by atoms with Gasteiger partial charge in [-0.3, -0.25) is 4.79 Å². The molecule has 1 aromatic rings. The fraction of sp³-hybridized carbons (Fsp3) is 0.235. The van der Waals surface area contributed by atoms with Gasteiger partial charge in [-0.05, 0) is 38.5 Å². The van der Waals surface area contributed by atoms with Crippen LogP contribution in [0.25, 0.3) is 0 Å². The van der Waals surface area contributed by atoms with Gasteiger partial charge in [0.2, 0.25) is 0 Å². The van der Waals surface area contributed by atoms with E-state index in [0.29, 0.717) is 5.70 Å². The first-order chi connectivity index (χ1) is 9.88. The van der Waals surface area contributed by atoms with Gasteiger partial charge in [0.15, 0.2) is 0 Å². The van der Waals surface area contributed by atoms with Crippen LogP contribution in [-0.2, 0) is 0 Å². The van der Waals surface area contributed by atoms with Gasteiger partial charge in [0.1, 0.15) is 0 Å². The second-order valence-corrected chi connectivity index (χ2v) is 4.66. The molecular formula is C17H19F2NO. The highest BCUT2D eigenvalue weighted by molar-refractivity contribution is 5.97. The van der Waals surface area contributed by atoms with E-state index in [0.717, 1.165) is 11.1 Å². The Kier molecular flexibility index (Phi) is 6.03. The molecule has 0 radical (unpaired) electrons. The van der Waals surface area contributed by atoms with Crippen LogP contribution in [-0.4, -0.2) is 5.91 Å². The molecule has 1 amide bonds. The molecule has 112 valence electrons. The molecule has 2 nitrogen and oxygen atoms in total. The Morgan fingerprint density at radius 1 is 1.29 bits per heavy atom. The minimum Gasteiger partial charge on any atom is -0.322 e. The number of alkyl halides is 2. The van der Waals surface area contributed by atoms with Gasteiger partial charge in [-0.1, -0.05) is 36.4 Å². The van der Waals surface area contributed by atoms with Crippen molar-refractivity contribution >= 4 is 5.91 Å². The van der Waals surface area contributed by atoms with Crippen LogP contribution in [0.3, 0.4) is 0 Å². The first-order valence-electron chi connectivity index (χ1n) is 6.56. The summed E-state index contributed by atoms with van der Waals surface area (Å²) in [6.45, 7) is 9.27. The molecule has 0 unspecified atom stereocenters. The molecule has 0 heterocycles. The molecule has 4 heteroatoms. The number of allylic oxidation sites excluding steroid dienone is 4. The SMILES string of the molecule is C=C(C)/C(C)=C(/C=C\C)NC(=O)c1ccccc1C(F)F. The molecule has 0 aliphatic heterocycles. The number of carbonyl (C=O) groups is 1. The van der Waals surface area contributed by atoms with Gasteiger partial charge in [0, 0.05) is 16.8 Å². The summed E-state index contributed by atoms with van der Waals surface area (Å²) in [5.41, 5.74) is 1.85. The molecular weight excluding hydrogens is 272 g/mol. The summed E-state index contributed by atoms with van der Waals surface area (Å²) in [5, 5.41) is 2.67. The average molecular weight is 291 g/mol. The van der Waals surface area contributed by atoms with Gasteiger partial charge in [-0.2, -0.15) is 0 Å². The molecule has 0 fully saturated rings. The smallest absolute Gasteiger partial charge is 0.264 e. The summed E-state index contributed by atoms with van der Waals surface area (Å²) in [6.07, 6.45) is 0.789. The van der Waals surface area contributed by atoms with Crippen LogP contribution in [0.15, 0.2) is 59.8 Å². The molecule has 1 N–H and O–H groups in total. The molecule has 0 bridgehead atoms. The summed E-state index contributed by atoms with van der Waals surface area (Å²) in [4.78, 5) is 12.2. The van der Waals surface area contributed by atoms with Crippen LogP contribution in [0.5, 0.6) is 0 Å². The third-order valence-electron chi connectivity index (χ3n) is 3.07. The van der Waals surface area contributed by atoms with Crippen molar-refractivity contribution in [2.75, 3.05) is 0 Å². The zero-order chi connectivity index (χ0) is 16.0. The normalized spacial score (nSPS) is 12.5. The Morgan fingerprint density at radius 2 is 1.90 bits per heavy atom. The van der Waals surface area contributed by atoms with Crippen LogP contribution >= 0.6 is 0 Å². The zero-order valence-corrected chi connectivity index (χ0v) is 12.4. The van der Waals surface area contributed by atoms with Gasteiger partial charge in [0.05, 0.1) is 0 Å². The molecule has 0 aliphatic rings. The molecule has 0 aliphatic carbocycles. The molecule has 0 spiro atoms. The Morgan fingerprint density at radius 3 is 2.43 bits per heavy atom. The van der Waals surface area contributed by atoms with E-state index in [1.54, 1.807) is 18.2 Å². The van der Waals surface area contributed by atoms with E-state index in [9.17, 15) is 13.6 Å². The molecule has 21 heavy (non-hydrogen) atoms. The maximum Gasteiger partial charge on any atom is 0.264 e. The topological polar surface area (TPSA) is 29.1 Å². The van der Waals surface area contributed by atoms with E-state index >= 15 is 0 Å². The Balaban J connectivity index is 3.15. The number of hydrogen-bond donors (Lipinski definition) is 1. The van der Waals surface area contributed by atoms with Crippen LogP contribution in [0.4, 0.5) is 8.78 Å². The number of hydrogen-bond acceptors (Lipinski definition) is 1. The van der Waals surface area contributed by atoms with Crippen molar-refractivity contribution in [3.05, 3.63) is 71.0 Å². The Hall–Kier alpha value is -2.23. The fourth-order valence-electron chi connectivity index (χ4n) is 1.74. The summed E-state index contributed by atoms with van der Waals surface area (Å²) in [5.74, 6) is -0.556. The third kappa shape index (κ3) is 4.38. The van der Waals surface area contributed by atoms with E-state index in [1.807, 2.05) is 20.8 Å². The predicted molar refractivity (Wildman–Crippen MR) is 81.2 cm³/mol. The third-order valence-corrected chi connectivity index (χ3v) is 3.07. The van der Waals surface area contributed by atoms with Gasteiger partial charge in [-0.25, -0.2) is 8.78 Å². The second kappa shape index (κ2) is 7.53. The number of rotatable bonds is 5. The van der Waals surface area contributed by atoms with Crippen LogP contribution in [0, 0.1) is 0 Å². The quantitative estimate of drug-likeness (QED) is 0.777. The van der Waals surface area contributed by atoms with Crippen molar-refractivity contribution in [2.45, 2.75) is 27.2 Å². The highest BCUT2D eigenvalue weighted by Crippen LogP contribution is 2.23. The maximum atomic E-state index is 12.9. The number of benzene rings is 1. The van der Waals surface area contributed by atoms with Gasteiger partial charge < -0.3 is 5.32 Å². The number of halogens is 2. The lowest BCUT2D eigenvalue weighted by Crippen LogP contribution is -2.24. The first-order valence-corrected chi connectivity index (χ1v) is 6.56. The minimum atomic E-state index is -2.69.